The lowest BCUT2D eigenvalue weighted by atomic mass is 10.0. The van der Waals surface area contributed by atoms with Gasteiger partial charge in [0.1, 0.15) is 24.5 Å². The van der Waals surface area contributed by atoms with Gasteiger partial charge in [0.05, 0.1) is 6.04 Å². The highest BCUT2D eigenvalue weighted by molar-refractivity contribution is 5.85. The molecule has 1 amide bonds. The predicted molar refractivity (Wildman–Crippen MR) is 97.8 cm³/mol. The third-order valence-electron chi connectivity index (χ3n) is 3.98. The van der Waals surface area contributed by atoms with Crippen LogP contribution >= 0.6 is 12.4 Å². The topological polar surface area (TPSA) is 90.7 Å². The van der Waals surface area contributed by atoms with Crippen LogP contribution in [0, 0.1) is 5.92 Å². The zero-order chi connectivity index (χ0) is 17.7. The monoisotopic (exact) mass is 370 g/mol. The second kappa shape index (κ2) is 9.63. The Morgan fingerprint density at radius 3 is 2.72 bits per heavy atom. The fourth-order valence-electron chi connectivity index (χ4n) is 2.70. The van der Waals surface area contributed by atoms with Gasteiger partial charge in [-0.2, -0.15) is 0 Å². The number of nitrogens with two attached hydrogens (primary N) is 1. The molecular weight excluding hydrogens is 344 g/mol. The summed E-state index contributed by atoms with van der Waals surface area (Å²) in [4.78, 5) is 23.8. The van der Waals surface area contributed by atoms with Crippen molar-refractivity contribution in [3.05, 3.63) is 29.8 Å². The highest BCUT2D eigenvalue weighted by atomic mass is 35.5. The number of rotatable bonds is 6. The van der Waals surface area contributed by atoms with Crippen LogP contribution in [-0.2, 0) is 20.7 Å². The molecular formula is C18H27ClN2O4. The van der Waals surface area contributed by atoms with Crippen LogP contribution in [0.15, 0.2) is 24.3 Å². The van der Waals surface area contributed by atoms with Crippen molar-refractivity contribution in [2.45, 2.75) is 51.9 Å². The van der Waals surface area contributed by atoms with Crippen molar-refractivity contribution in [3.63, 3.8) is 0 Å². The van der Waals surface area contributed by atoms with Crippen molar-refractivity contribution in [3.8, 4) is 5.75 Å². The molecule has 1 aromatic rings. The van der Waals surface area contributed by atoms with Gasteiger partial charge in [0.25, 0.3) is 0 Å². The minimum atomic E-state index is -0.610. The molecule has 0 saturated carbocycles. The van der Waals surface area contributed by atoms with E-state index in [0.29, 0.717) is 18.8 Å². The largest absolute Gasteiger partial charge is 0.487 e. The van der Waals surface area contributed by atoms with Gasteiger partial charge in [-0.25, -0.2) is 0 Å². The van der Waals surface area contributed by atoms with Crippen molar-refractivity contribution in [1.82, 2.24) is 5.32 Å². The highest BCUT2D eigenvalue weighted by Crippen LogP contribution is 2.28. The Bertz CT molecular complexity index is 594. The van der Waals surface area contributed by atoms with Crippen molar-refractivity contribution < 1.29 is 19.1 Å². The lowest BCUT2D eigenvalue weighted by molar-refractivity contribution is -0.154. The van der Waals surface area contributed by atoms with Crippen molar-refractivity contribution in [2.75, 3.05) is 6.54 Å². The van der Waals surface area contributed by atoms with E-state index in [-0.39, 0.29) is 37.1 Å². The maximum Gasteiger partial charge on any atom is 0.325 e. The maximum absolute atomic E-state index is 12.0. The summed E-state index contributed by atoms with van der Waals surface area (Å²) in [6.07, 6.45) is 0.575. The molecule has 0 saturated heterocycles. The number of esters is 1. The molecule has 0 fully saturated rings. The van der Waals surface area contributed by atoms with Gasteiger partial charge in [-0.1, -0.05) is 32.0 Å². The van der Waals surface area contributed by atoms with Crippen LogP contribution in [-0.4, -0.2) is 36.7 Å². The van der Waals surface area contributed by atoms with E-state index in [1.54, 1.807) is 0 Å². The molecule has 0 spiro atoms. The zero-order valence-corrected chi connectivity index (χ0v) is 15.7. The molecule has 1 heterocycles. The van der Waals surface area contributed by atoms with Crippen molar-refractivity contribution in [2.24, 2.45) is 11.7 Å². The minimum Gasteiger partial charge on any atom is -0.487 e. The molecule has 3 atom stereocenters. The molecule has 7 heteroatoms. The van der Waals surface area contributed by atoms with Gasteiger partial charge in [0, 0.05) is 6.42 Å². The molecule has 6 nitrogen and oxygen atoms in total. The van der Waals surface area contributed by atoms with Gasteiger partial charge < -0.3 is 20.5 Å². The fourth-order valence-corrected chi connectivity index (χ4v) is 2.70. The molecule has 0 radical (unpaired) electrons. The highest BCUT2D eigenvalue weighted by Gasteiger charge is 2.29. The fraction of sp³-hybridized carbons (Fsp3) is 0.556. The quantitative estimate of drug-likeness (QED) is 0.745. The summed E-state index contributed by atoms with van der Waals surface area (Å²) < 4.78 is 11.2. The van der Waals surface area contributed by atoms with Crippen molar-refractivity contribution in [1.29, 1.82) is 0 Å². The number of hydrogen-bond acceptors (Lipinski definition) is 5. The normalized spacial score (nSPS) is 19.9. The number of amides is 1. The van der Waals surface area contributed by atoms with E-state index >= 15 is 0 Å². The Balaban J connectivity index is 0.00000312. The first-order valence-electron chi connectivity index (χ1n) is 8.34. The first kappa shape index (κ1) is 21.3. The van der Waals surface area contributed by atoms with Gasteiger partial charge in [-0.15, -0.1) is 12.4 Å². The number of ether oxygens (including phenoxy) is 2. The molecule has 2 rings (SSSR count). The van der Waals surface area contributed by atoms with Gasteiger partial charge in [-0.05, 0) is 30.9 Å². The van der Waals surface area contributed by atoms with E-state index in [9.17, 15) is 9.59 Å². The first-order chi connectivity index (χ1) is 11.4. The Hall–Kier alpha value is -1.79. The summed E-state index contributed by atoms with van der Waals surface area (Å²) in [5.41, 5.74) is 6.79. The van der Waals surface area contributed by atoms with E-state index in [1.807, 2.05) is 45.0 Å². The molecule has 25 heavy (non-hydrogen) atoms. The van der Waals surface area contributed by atoms with E-state index in [2.05, 4.69) is 5.32 Å². The summed E-state index contributed by atoms with van der Waals surface area (Å²) in [6, 6.07) is 7.08. The number of para-hydroxylation sites is 1. The Kier molecular flexibility index (Phi) is 8.19. The molecule has 140 valence electrons. The molecule has 0 bridgehead atoms. The second-order valence-corrected chi connectivity index (χ2v) is 6.62. The molecule has 1 aliphatic rings. The number of halogens is 1. The predicted octanol–water partition coefficient (Wildman–Crippen LogP) is 1.83. The Morgan fingerprint density at radius 2 is 2.04 bits per heavy atom. The summed E-state index contributed by atoms with van der Waals surface area (Å²) in [6.45, 7) is 5.66. The van der Waals surface area contributed by atoms with Crippen molar-refractivity contribution >= 4 is 24.3 Å². The number of benzene rings is 1. The zero-order valence-electron chi connectivity index (χ0n) is 14.9. The lowest BCUT2D eigenvalue weighted by Gasteiger charge is -2.31. The summed E-state index contributed by atoms with van der Waals surface area (Å²) in [7, 11) is 0. The van der Waals surface area contributed by atoms with Crippen LogP contribution in [0.3, 0.4) is 0 Å². The minimum absolute atomic E-state index is 0. The molecule has 1 aliphatic heterocycles. The van der Waals surface area contributed by atoms with Gasteiger partial charge in [0.15, 0.2) is 0 Å². The number of hydrogen-bond donors (Lipinski definition) is 2. The van der Waals surface area contributed by atoms with E-state index in [1.165, 1.54) is 0 Å². The molecule has 1 aromatic carbocycles. The maximum atomic E-state index is 12.0. The Labute approximate surface area is 154 Å². The third kappa shape index (κ3) is 6.21. The molecule has 0 aromatic heterocycles. The van der Waals surface area contributed by atoms with Crippen LogP contribution in [0.2, 0.25) is 0 Å². The first-order valence-corrected chi connectivity index (χ1v) is 8.34. The van der Waals surface area contributed by atoms with Crippen LogP contribution in [0.4, 0.5) is 0 Å². The van der Waals surface area contributed by atoms with Gasteiger partial charge >= 0.3 is 5.97 Å². The number of fused-ring (bicyclic) bond motifs is 1. The van der Waals surface area contributed by atoms with E-state index < -0.39 is 12.0 Å². The van der Waals surface area contributed by atoms with Crippen LogP contribution < -0.4 is 15.8 Å². The summed E-state index contributed by atoms with van der Waals surface area (Å²) >= 11 is 0. The molecule has 0 aliphatic carbocycles. The van der Waals surface area contributed by atoms with E-state index in [4.69, 9.17) is 15.2 Å². The molecule has 2 unspecified atom stereocenters. The second-order valence-electron chi connectivity index (χ2n) is 6.62. The lowest BCUT2D eigenvalue weighted by Crippen LogP contribution is -2.45. The van der Waals surface area contributed by atoms with E-state index in [0.717, 1.165) is 11.3 Å². The third-order valence-corrected chi connectivity index (χ3v) is 3.98. The molecule has 3 N–H and O–H groups in total. The summed E-state index contributed by atoms with van der Waals surface area (Å²) in [5, 5.41) is 2.53. The smallest absolute Gasteiger partial charge is 0.325 e. The van der Waals surface area contributed by atoms with Crippen LogP contribution in [0.5, 0.6) is 5.75 Å². The van der Waals surface area contributed by atoms with Crippen LogP contribution in [0.25, 0.3) is 0 Å². The van der Waals surface area contributed by atoms with Crippen LogP contribution in [0.1, 0.15) is 32.8 Å². The summed E-state index contributed by atoms with van der Waals surface area (Å²) in [5.74, 6) is 0.321. The number of carbonyl (C=O) groups is 2. The average molecular weight is 371 g/mol. The van der Waals surface area contributed by atoms with Gasteiger partial charge in [-0.3, -0.25) is 9.59 Å². The standard InChI is InChI=1S/C18H26N2O4.ClH/c1-11(2)8-14(19)18(22)20-10-17(21)24-16-9-13-6-4-5-7-15(13)23-12(16)3;/h4-7,11-12,14,16H,8-10,19H2,1-3H3,(H,20,22);1H/t12?,14-,16?;/m0./s1. The SMILES string of the molecule is CC(C)C[C@H](N)C(=O)NCC(=O)OC1Cc2ccccc2OC1C.Cl. The Morgan fingerprint density at radius 1 is 1.36 bits per heavy atom. The average Bonchev–Trinajstić information content (AvgIpc) is 2.52. The number of carbonyl (C=O) groups excluding carboxylic acids is 2. The van der Waals surface area contributed by atoms with Gasteiger partial charge in [0.2, 0.25) is 5.91 Å². The number of nitrogens with one attached hydrogen (secondary N) is 1.